The first kappa shape index (κ1) is 63.1. The molecule has 15 heteroatoms. The molecular weight excluding hydrogens is 375 g/mol. The second-order valence-corrected chi connectivity index (χ2v) is 3.63. The first-order chi connectivity index (χ1) is 11.4. The van der Waals surface area contributed by atoms with E-state index in [1.54, 1.807) is 0 Å². The van der Waals surface area contributed by atoms with Crippen LogP contribution in [0.1, 0.15) is 66.7 Å². The van der Waals surface area contributed by atoms with Crippen molar-refractivity contribution in [1.82, 2.24) is 0 Å². The standard InChI is InChI=1S/5C3H6O2.5Li/c5*1-2-3(4)5;;;;;/h5*2H2,1H3,(H,4,5);;;;;/q;;;;;5*+1/p-5. The van der Waals surface area contributed by atoms with E-state index in [1.807, 2.05) is 0 Å². The maximum absolute atomic E-state index is 9.26. The molecule has 0 N–H and O–H groups in total. The quantitative estimate of drug-likeness (QED) is 0.399. The van der Waals surface area contributed by atoms with Crippen LogP contribution in [0.15, 0.2) is 0 Å². The van der Waals surface area contributed by atoms with Gasteiger partial charge >= 0.3 is 94.3 Å². The van der Waals surface area contributed by atoms with Gasteiger partial charge in [-0.15, -0.1) is 0 Å². The molecule has 0 saturated carbocycles. The monoisotopic (exact) mass is 400 g/mol. The zero-order valence-corrected chi connectivity index (χ0v) is 20.1. The van der Waals surface area contributed by atoms with Gasteiger partial charge in [0, 0.05) is 29.8 Å². The first-order valence-electron chi connectivity index (χ1n) is 7.34. The van der Waals surface area contributed by atoms with Gasteiger partial charge in [0.15, 0.2) is 0 Å². The molecule has 0 unspecified atom stereocenters. The fourth-order valence-electron chi connectivity index (χ4n) is 0. The Morgan fingerprint density at radius 2 is 0.400 bits per heavy atom. The summed E-state index contributed by atoms with van der Waals surface area (Å²) < 4.78 is 0. The number of aliphatic carboxylic acids is 5. The van der Waals surface area contributed by atoms with Gasteiger partial charge in [-0.25, -0.2) is 0 Å². The number of carboxylic acids is 5. The Morgan fingerprint density at radius 1 is 0.367 bits per heavy atom. The topological polar surface area (TPSA) is 201 Å². The van der Waals surface area contributed by atoms with Crippen LogP contribution in [-0.4, -0.2) is 29.8 Å². The summed E-state index contributed by atoms with van der Waals surface area (Å²) in [5, 5.41) is 46.3. The Hall–Kier alpha value is 0.337. The number of hydrogen-bond donors (Lipinski definition) is 0. The van der Waals surface area contributed by atoms with E-state index in [4.69, 9.17) is 0 Å². The number of carbonyl (C=O) groups is 5. The molecule has 0 aromatic rings. The van der Waals surface area contributed by atoms with Crippen molar-refractivity contribution in [3.05, 3.63) is 0 Å². The molecule has 0 aliphatic heterocycles. The third-order valence-electron chi connectivity index (χ3n) is 1.44. The van der Waals surface area contributed by atoms with Crippen LogP contribution in [0.5, 0.6) is 0 Å². The first-order valence-corrected chi connectivity index (χ1v) is 7.34. The van der Waals surface area contributed by atoms with E-state index < -0.39 is 29.8 Å². The third-order valence-corrected chi connectivity index (χ3v) is 1.44. The van der Waals surface area contributed by atoms with Crippen LogP contribution < -0.4 is 120 Å². The Kier molecular flexibility index (Phi) is 120. The Morgan fingerprint density at radius 3 is 0.400 bits per heavy atom. The van der Waals surface area contributed by atoms with Crippen molar-refractivity contribution in [2.24, 2.45) is 0 Å². The summed E-state index contributed by atoms with van der Waals surface area (Å²) in [7, 11) is 0. The second kappa shape index (κ2) is 57.0. The van der Waals surface area contributed by atoms with Gasteiger partial charge in [0.2, 0.25) is 0 Å². The molecule has 30 heavy (non-hydrogen) atoms. The normalized spacial score (nSPS) is 6.17. The van der Waals surface area contributed by atoms with Crippen LogP contribution in [0.4, 0.5) is 0 Å². The van der Waals surface area contributed by atoms with Gasteiger partial charge in [-0.1, -0.05) is 34.6 Å². The van der Waals surface area contributed by atoms with E-state index in [2.05, 4.69) is 0 Å². The summed E-state index contributed by atoms with van der Waals surface area (Å²) >= 11 is 0. The third kappa shape index (κ3) is 198. The van der Waals surface area contributed by atoms with E-state index in [9.17, 15) is 49.5 Å². The van der Waals surface area contributed by atoms with Crippen LogP contribution in [0.25, 0.3) is 0 Å². The second-order valence-electron chi connectivity index (χ2n) is 3.63. The largest absolute Gasteiger partial charge is 1.00 e. The van der Waals surface area contributed by atoms with E-state index in [0.717, 1.165) is 0 Å². The Bertz CT molecular complexity index is 302. The SMILES string of the molecule is CCC(=O)[O-].CCC(=O)[O-].CCC(=O)[O-].CCC(=O)[O-].CCC(=O)[O-].[Li+].[Li+].[Li+].[Li+].[Li+]. The molecule has 0 saturated heterocycles. The molecule has 0 aliphatic carbocycles. The minimum Gasteiger partial charge on any atom is -0.550 e. The summed E-state index contributed by atoms with van der Waals surface area (Å²) in [5.74, 6) is -4.98. The van der Waals surface area contributed by atoms with Crippen molar-refractivity contribution in [2.45, 2.75) is 66.7 Å². The fourth-order valence-corrected chi connectivity index (χ4v) is 0. The van der Waals surface area contributed by atoms with Gasteiger partial charge in [0.05, 0.1) is 0 Å². The van der Waals surface area contributed by atoms with Gasteiger partial charge in [0.25, 0.3) is 0 Å². The molecule has 0 bridgehead atoms. The molecule has 0 heterocycles. The predicted octanol–water partition coefficient (Wildman–Crippen LogP) is -19.2. The smallest absolute Gasteiger partial charge is 0.550 e. The summed E-state index contributed by atoms with van der Waals surface area (Å²) in [6.07, 6.45) is 0.556. The van der Waals surface area contributed by atoms with Crippen LogP contribution in [0, 0.1) is 0 Å². The molecule has 10 nitrogen and oxygen atoms in total. The fraction of sp³-hybridized carbons (Fsp3) is 0.667. The van der Waals surface area contributed by atoms with E-state index in [0.29, 0.717) is 0 Å². The summed E-state index contributed by atoms with van der Waals surface area (Å²) in [6, 6.07) is 0. The number of carbonyl (C=O) groups excluding carboxylic acids is 5. The number of carboxylic acid groups (broad SMARTS) is 5. The summed E-state index contributed by atoms with van der Waals surface area (Å²) in [5.41, 5.74) is 0. The van der Waals surface area contributed by atoms with E-state index >= 15 is 0 Å². The molecule has 0 aromatic heterocycles. The molecule has 0 aliphatic rings. The maximum Gasteiger partial charge on any atom is 1.00 e. The van der Waals surface area contributed by atoms with Gasteiger partial charge < -0.3 is 49.5 Å². The molecule has 0 aromatic carbocycles. The Labute approximate surface area is 238 Å². The van der Waals surface area contributed by atoms with Crippen LogP contribution in [0.2, 0.25) is 0 Å². The molecular formula is C15H25Li5O10. The zero-order chi connectivity index (χ0) is 21.4. The maximum atomic E-state index is 9.26. The van der Waals surface area contributed by atoms with E-state index in [1.165, 1.54) is 34.6 Å². The van der Waals surface area contributed by atoms with Crippen molar-refractivity contribution < 1.29 is 144 Å². The van der Waals surface area contributed by atoms with Crippen molar-refractivity contribution in [2.75, 3.05) is 0 Å². The van der Waals surface area contributed by atoms with Gasteiger partial charge in [-0.05, 0) is 32.1 Å². The number of hydrogen-bond acceptors (Lipinski definition) is 10. The molecule has 0 spiro atoms. The predicted molar refractivity (Wildman–Crippen MR) is 76.5 cm³/mol. The Balaban J connectivity index is -0.0000000200. The molecule has 0 atom stereocenters. The van der Waals surface area contributed by atoms with Gasteiger partial charge in [-0.2, -0.15) is 0 Å². The summed E-state index contributed by atoms with van der Waals surface area (Å²) in [4.78, 5) is 46.3. The minimum absolute atomic E-state index is 0. The summed E-state index contributed by atoms with van der Waals surface area (Å²) in [6.45, 7) is 7.69. The van der Waals surface area contributed by atoms with Crippen LogP contribution in [-0.2, 0) is 24.0 Å². The van der Waals surface area contributed by atoms with Crippen molar-refractivity contribution in [3.8, 4) is 0 Å². The average Bonchev–Trinajstić information content (AvgIpc) is 2.56. The van der Waals surface area contributed by atoms with Crippen molar-refractivity contribution >= 4 is 29.8 Å². The minimum atomic E-state index is -0.995. The molecule has 0 amide bonds. The molecule has 150 valence electrons. The van der Waals surface area contributed by atoms with Crippen LogP contribution >= 0.6 is 0 Å². The van der Waals surface area contributed by atoms with Gasteiger partial charge in [0.1, 0.15) is 0 Å². The van der Waals surface area contributed by atoms with Gasteiger partial charge in [-0.3, -0.25) is 0 Å². The van der Waals surface area contributed by atoms with E-state index in [-0.39, 0.29) is 126 Å². The number of rotatable bonds is 5. The van der Waals surface area contributed by atoms with Crippen molar-refractivity contribution in [3.63, 3.8) is 0 Å². The molecule has 0 fully saturated rings. The average molecular weight is 400 g/mol. The molecule has 0 radical (unpaired) electrons. The van der Waals surface area contributed by atoms with Crippen molar-refractivity contribution in [1.29, 1.82) is 0 Å². The molecule has 0 rings (SSSR count). The zero-order valence-electron chi connectivity index (χ0n) is 20.1. The van der Waals surface area contributed by atoms with Crippen LogP contribution in [0.3, 0.4) is 0 Å².